The lowest BCUT2D eigenvalue weighted by Gasteiger charge is -2.15. The van der Waals surface area contributed by atoms with Crippen LogP contribution >= 0.6 is 34.2 Å². The van der Waals surface area contributed by atoms with Crippen LogP contribution in [-0.4, -0.2) is 17.8 Å². The SMILES string of the molecule is Cc1cccc(C)c1OC(=O)c1ccc(NC2=C(Cl)C(=O)N(c3ccc(I)cc3)C2=O)cc1. The van der Waals surface area contributed by atoms with Crippen molar-refractivity contribution in [3.8, 4) is 5.75 Å². The van der Waals surface area contributed by atoms with Gasteiger partial charge in [0.25, 0.3) is 11.8 Å². The fourth-order valence-electron chi connectivity index (χ4n) is 3.38. The number of hydrogen-bond donors (Lipinski definition) is 1. The number of aryl methyl sites for hydroxylation is 2. The smallest absolute Gasteiger partial charge is 0.343 e. The van der Waals surface area contributed by atoms with Crippen LogP contribution in [-0.2, 0) is 9.59 Å². The Morgan fingerprint density at radius 2 is 1.52 bits per heavy atom. The minimum absolute atomic E-state index is 0.0221. The van der Waals surface area contributed by atoms with Gasteiger partial charge in [-0.05, 0) is 96.1 Å². The summed E-state index contributed by atoms with van der Waals surface area (Å²) < 4.78 is 6.54. The van der Waals surface area contributed by atoms with Crippen molar-refractivity contribution >= 4 is 63.4 Å². The first-order valence-corrected chi connectivity index (χ1v) is 11.4. The summed E-state index contributed by atoms with van der Waals surface area (Å²) in [5.41, 5.74) is 2.99. The highest BCUT2D eigenvalue weighted by atomic mass is 127. The van der Waals surface area contributed by atoms with Crippen LogP contribution in [0.25, 0.3) is 0 Å². The molecule has 4 rings (SSSR count). The van der Waals surface area contributed by atoms with Gasteiger partial charge in [-0.2, -0.15) is 0 Å². The van der Waals surface area contributed by atoms with Crippen LogP contribution in [0, 0.1) is 17.4 Å². The molecule has 2 amide bonds. The van der Waals surface area contributed by atoms with E-state index in [0.29, 0.717) is 22.7 Å². The van der Waals surface area contributed by atoms with Gasteiger partial charge in [0, 0.05) is 9.26 Å². The molecule has 0 radical (unpaired) electrons. The van der Waals surface area contributed by atoms with Gasteiger partial charge in [-0.25, -0.2) is 9.69 Å². The van der Waals surface area contributed by atoms with Gasteiger partial charge in [-0.1, -0.05) is 29.8 Å². The van der Waals surface area contributed by atoms with Gasteiger partial charge in [0.15, 0.2) is 0 Å². The number of para-hydroxylation sites is 1. The molecule has 3 aromatic rings. The van der Waals surface area contributed by atoms with Crippen molar-refractivity contribution in [2.45, 2.75) is 13.8 Å². The number of nitrogens with zero attached hydrogens (tertiary/aromatic N) is 1. The van der Waals surface area contributed by atoms with Gasteiger partial charge in [0.2, 0.25) is 0 Å². The highest BCUT2D eigenvalue weighted by Crippen LogP contribution is 2.30. The summed E-state index contributed by atoms with van der Waals surface area (Å²) in [5, 5.41) is 2.70. The molecule has 6 nitrogen and oxygen atoms in total. The highest BCUT2D eigenvalue weighted by molar-refractivity contribution is 14.1. The fraction of sp³-hybridized carbons (Fsp3) is 0.0800. The largest absolute Gasteiger partial charge is 0.422 e. The predicted octanol–water partition coefficient (Wildman–Crippen LogP) is 5.56. The number of anilines is 2. The van der Waals surface area contributed by atoms with Crippen molar-refractivity contribution in [1.29, 1.82) is 0 Å². The molecule has 0 bridgehead atoms. The van der Waals surface area contributed by atoms with Crippen LogP contribution in [0.5, 0.6) is 5.75 Å². The Labute approximate surface area is 209 Å². The average Bonchev–Trinajstić information content (AvgIpc) is 3.00. The van der Waals surface area contributed by atoms with Crippen LogP contribution in [0.1, 0.15) is 21.5 Å². The molecule has 33 heavy (non-hydrogen) atoms. The Bertz CT molecular complexity index is 1280. The van der Waals surface area contributed by atoms with Crippen molar-refractivity contribution in [2.75, 3.05) is 10.2 Å². The second kappa shape index (κ2) is 9.36. The third kappa shape index (κ3) is 4.65. The Morgan fingerprint density at radius 3 is 2.12 bits per heavy atom. The zero-order chi connectivity index (χ0) is 23.7. The lowest BCUT2D eigenvalue weighted by molar-refractivity contribution is -0.120. The number of imide groups is 1. The van der Waals surface area contributed by atoms with Gasteiger partial charge in [-0.15, -0.1) is 0 Å². The van der Waals surface area contributed by atoms with Crippen LogP contribution in [0.4, 0.5) is 11.4 Å². The Hall–Kier alpha value is -3.17. The van der Waals surface area contributed by atoms with Crippen LogP contribution in [0.15, 0.2) is 77.5 Å². The molecule has 0 unspecified atom stereocenters. The maximum Gasteiger partial charge on any atom is 0.343 e. The molecular formula is C25H18ClIN2O4. The summed E-state index contributed by atoms with van der Waals surface area (Å²) in [6.45, 7) is 3.75. The number of halogens is 2. The zero-order valence-electron chi connectivity index (χ0n) is 17.7. The van der Waals surface area contributed by atoms with Gasteiger partial charge in [-0.3, -0.25) is 9.59 Å². The van der Waals surface area contributed by atoms with Crippen molar-refractivity contribution in [3.63, 3.8) is 0 Å². The standard InChI is InChI=1S/C25H18ClIN2O4/c1-14-4-3-5-15(2)22(14)33-25(32)16-6-10-18(11-7-16)28-21-20(26)23(30)29(24(21)31)19-12-8-17(27)9-13-19/h3-13,28H,1-2H3. The predicted molar refractivity (Wildman–Crippen MR) is 135 cm³/mol. The molecule has 0 aromatic heterocycles. The third-order valence-corrected chi connectivity index (χ3v) is 6.18. The van der Waals surface area contributed by atoms with Crippen LogP contribution in [0.3, 0.4) is 0 Å². The number of benzene rings is 3. The molecule has 3 aromatic carbocycles. The minimum Gasteiger partial charge on any atom is -0.422 e. The summed E-state index contributed by atoms with van der Waals surface area (Å²) in [5.74, 6) is -1.11. The topological polar surface area (TPSA) is 75.7 Å². The van der Waals surface area contributed by atoms with Gasteiger partial charge < -0.3 is 10.1 Å². The van der Waals surface area contributed by atoms with E-state index >= 15 is 0 Å². The van der Waals surface area contributed by atoms with E-state index in [1.54, 1.807) is 48.5 Å². The van der Waals surface area contributed by atoms with Crippen LogP contribution in [0.2, 0.25) is 0 Å². The van der Waals surface area contributed by atoms with Crippen molar-refractivity contribution in [2.24, 2.45) is 0 Å². The second-order valence-electron chi connectivity index (χ2n) is 7.42. The van der Waals surface area contributed by atoms with E-state index in [2.05, 4.69) is 27.9 Å². The molecule has 0 aliphatic carbocycles. The van der Waals surface area contributed by atoms with Crippen LogP contribution < -0.4 is 15.0 Å². The molecule has 0 saturated heterocycles. The lowest BCUT2D eigenvalue weighted by atomic mass is 10.1. The van der Waals surface area contributed by atoms with Gasteiger partial charge >= 0.3 is 5.97 Å². The molecule has 166 valence electrons. The van der Waals surface area contributed by atoms with E-state index in [1.807, 2.05) is 32.0 Å². The van der Waals surface area contributed by atoms with E-state index in [4.69, 9.17) is 16.3 Å². The van der Waals surface area contributed by atoms with Crippen molar-refractivity contribution < 1.29 is 19.1 Å². The number of carbonyl (C=O) groups excluding carboxylic acids is 3. The molecule has 0 saturated carbocycles. The Balaban J connectivity index is 1.49. The lowest BCUT2D eigenvalue weighted by Crippen LogP contribution is -2.32. The Kier molecular flexibility index (Phi) is 6.53. The number of carbonyl (C=O) groups is 3. The minimum atomic E-state index is -0.598. The van der Waals surface area contributed by atoms with E-state index < -0.39 is 17.8 Å². The quantitative estimate of drug-likeness (QED) is 0.187. The van der Waals surface area contributed by atoms with Gasteiger partial charge in [0.1, 0.15) is 16.5 Å². The van der Waals surface area contributed by atoms with Crippen molar-refractivity contribution in [3.05, 3.63) is 97.7 Å². The fourth-order valence-corrected chi connectivity index (χ4v) is 3.95. The van der Waals surface area contributed by atoms with Gasteiger partial charge in [0.05, 0.1) is 11.3 Å². The Morgan fingerprint density at radius 1 is 0.909 bits per heavy atom. The maximum atomic E-state index is 12.9. The number of esters is 1. The molecule has 1 aliphatic heterocycles. The second-order valence-corrected chi connectivity index (χ2v) is 9.05. The zero-order valence-corrected chi connectivity index (χ0v) is 20.6. The summed E-state index contributed by atoms with van der Waals surface area (Å²) >= 11 is 8.32. The number of ether oxygens (including phenoxy) is 1. The summed E-state index contributed by atoms with van der Waals surface area (Å²) in [4.78, 5) is 39.1. The third-order valence-electron chi connectivity index (χ3n) is 5.11. The van der Waals surface area contributed by atoms with E-state index in [9.17, 15) is 14.4 Å². The molecule has 8 heteroatoms. The molecule has 1 N–H and O–H groups in total. The van der Waals surface area contributed by atoms with E-state index in [0.717, 1.165) is 19.6 Å². The van der Waals surface area contributed by atoms with E-state index in [-0.39, 0.29) is 10.7 Å². The number of nitrogens with one attached hydrogen (secondary N) is 1. The number of amides is 2. The summed E-state index contributed by atoms with van der Waals surface area (Å²) in [6.07, 6.45) is 0. The molecule has 0 fully saturated rings. The highest BCUT2D eigenvalue weighted by Gasteiger charge is 2.38. The first kappa shape index (κ1) is 23.0. The van der Waals surface area contributed by atoms with E-state index in [1.165, 1.54) is 0 Å². The maximum absolute atomic E-state index is 12.9. The average molecular weight is 573 g/mol. The normalized spacial score (nSPS) is 13.5. The molecule has 1 aliphatic rings. The first-order valence-electron chi connectivity index (χ1n) is 9.96. The summed E-state index contributed by atoms with van der Waals surface area (Å²) in [7, 11) is 0. The molecule has 0 spiro atoms. The number of hydrogen-bond acceptors (Lipinski definition) is 5. The number of rotatable bonds is 5. The first-order chi connectivity index (χ1) is 15.8. The molecule has 1 heterocycles. The summed E-state index contributed by atoms with van der Waals surface area (Å²) in [6, 6.07) is 19.0. The van der Waals surface area contributed by atoms with Crippen molar-refractivity contribution in [1.82, 2.24) is 0 Å². The monoisotopic (exact) mass is 572 g/mol. The molecular weight excluding hydrogens is 555 g/mol. The molecule has 0 atom stereocenters.